The Balaban J connectivity index is 0. The van der Waals surface area contributed by atoms with Crippen LogP contribution < -0.4 is 34.0 Å². The largest absolute Gasteiger partial charge is 2.00 e. The molecular weight excluding hydrogens is 264 g/mol. The molecule has 0 nitrogen and oxygen atoms in total. The van der Waals surface area contributed by atoms with E-state index in [0.717, 1.165) is 0 Å². The van der Waals surface area contributed by atoms with Gasteiger partial charge in [0.15, 0.2) is 0 Å². The molecule has 0 unspecified atom stereocenters. The van der Waals surface area contributed by atoms with Crippen LogP contribution in [0.3, 0.4) is 0 Å². The van der Waals surface area contributed by atoms with E-state index >= 15 is 0 Å². The van der Waals surface area contributed by atoms with Crippen LogP contribution in [-0.4, -0.2) is 23.1 Å². The Morgan fingerprint density at radius 3 is 0.750 bits per heavy atom. The molecule has 0 aromatic carbocycles. The smallest absolute Gasteiger partial charge is 1.00 e. The van der Waals surface area contributed by atoms with Crippen molar-refractivity contribution in [3.05, 3.63) is 0 Å². The molecule has 0 spiro atoms. The van der Waals surface area contributed by atoms with Crippen LogP contribution in [0.5, 0.6) is 0 Å². The second-order valence-corrected chi connectivity index (χ2v) is 0. The average molecular weight is 265 g/mol. The van der Waals surface area contributed by atoms with Gasteiger partial charge in [-0.3, -0.25) is 0 Å². The Hall–Kier alpha value is 2.21. The van der Waals surface area contributed by atoms with Crippen molar-refractivity contribution in [3.63, 3.8) is 0 Å². The van der Waals surface area contributed by atoms with Crippen LogP contribution in [0.1, 0.15) is 0 Å². The molecule has 0 saturated carbocycles. The van der Waals surface area contributed by atoms with Gasteiger partial charge < -0.3 is 34.0 Å². The van der Waals surface area contributed by atoms with E-state index in [1.54, 1.807) is 0 Å². The van der Waals surface area contributed by atoms with Crippen LogP contribution in [0.2, 0.25) is 0 Å². The predicted octanol–water partition coefficient (Wildman–Crippen LogP) is -5.79. The predicted molar refractivity (Wildman–Crippen MR) is 16.1 cm³/mol. The molecule has 0 aliphatic carbocycles. The first-order valence-electron chi connectivity index (χ1n) is 0. The Labute approximate surface area is 73.2 Å². The Kier molecular flexibility index (Phi) is 164. The first kappa shape index (κ1) is 34.6. The third-order valence-corrected chi connectivity index (χ3v) is 0. The summed E-state index contributed by atoms with van der Waals surface area (Å²) in [7, 11) is 0. The summed E-state index contributed by atoms with van der Waals surface area (Å²) in [4.78, 5) is 0. The maximum atomic E-state index is 0. The first-order chi connectivity index (χ1) is 0. The molecular formula is HBr3Mg. The van der Waals surface area contributed by atoms with E-state index in [1.807, 2.05) is 0 Å². The molecule has 0 amide bonds. The molecule has 0 saturated heterocycles. The summed E-state index contributed by atoms with van der Waals surface area (Å²) in [5.74, 6) is 0. The zero-order valence-corrected chi connectivity index (χ0v) is 8.17. The molecule has 0 aromatic rings. The monoisotopic (exact) mass is 262 g/mol. The fourth-order valence-electron chi connectivity index (χ4n) is 0. The zero-order valence-electron chi connectivity index (χ0n) is 1.87. The van der Waals surface area contributed by atoms with Crippen molar-refractivity contribution in [1.82, 2.24) is 0 Å². The number of hydrogen-bond acceptors (Lipinski definition) is 0. The maximum Gasteiger partial charge on any atom is 2.00 e. The SMILES string of the molecule is Br.[Br-].[Br-].[Mg+2]. The molecule has 0 rings (SSSR count). The van der Waals surface area contributed by atoms with Gasteiger partial charge in [-0.2, -0.15) is 0 Å². The van der Waals surface area contributed by atoms with Gasteiger partial charge in [0.1, 0.15) is 0 Å². The fourth-order valence-corrected chi connectivity index (χ4v) is 0. The van der Waals surface area contributed by atoms with Crippen molar-refractivity contribution in [2.45, 2.75) is 0 Å². The molecule has 0 fully saturated rings. The molecule has 0 aliphatic heterocycles. The van der Waals surface area contributed by atoms with Crippen LogP contribution in [-0.2, 0) is 0 Å². The van der Waals surface area contributed by atoms with Crippen LogP contribution in [0.4, 0.5) is 0 Å². The summed E-state index contributed by atoms with van der Waals surface area (Å²) in [6, 6.07) is 0. The number of halogens is 3. The third kappa shape index (κ3) is 8.88. The number of rotatable bonds is 0. The Bertz CT molecular complexity index is 3.25. The van der Waals surface area contributed by atoms with Gasteiger partial charge in [0.2, 0.25) is 0 Å². The summed E-state index contributed by atoms with van der Waals surface area (Å²) in [5, 5.41) is 0. The third-order valence-electron chi connectivity index (χ3n) is 0. The topological polar surface area (TPSA) is 0 Å². The standard InChI is InChI=1S/3BrH.Mg/h3*1H;/q;;;+2/p-2. The van der Waals surface area contributed by atoms with E-state index < -0.39 is 0 Å². The van der Waals surface area contributed by atoms with Gasteiger partial charge in [-0.05, 0) is 0 Å². The average Bonchev–Trinajstić information content (AvgIpc) is 0. The van der Waals surface area contributed by atoms with E-state index in [2.05, 4.69) is 0 Å². The van der Waals surface area contributed by atoms with Gasteiger partial charge in [-0.15, -0.1) is 17.0 Å². The number of hydrogen-bond donors (Lipinski definition) is 0. The van der Waals surface area contributed by atoms with Crippen LogP contribution in [0.15, 0.2) is 0 Å². The normalized spacial score (nSPS) is 0. The summed E-state index contributed by atoms with van der Waals surface area (Å²) in [5.41, 5.74) is 0. The minimum Gasteiger partial charge on any atom is -1.00 e. The summed E-state index contributed by atoms with van der Waals surface area (Å²) >= 11 is 0. The van der Waals surface area contributed by atoms with E-state index in [0.29, 0.717) is 0 Å². The second kappa shape index (κ2) is 18.9. The Morgan fingerprint density at radius 2 is 0.750 bits per heavy atom. The van der Waals surface area contributed by atoms with E-state index in [-0.39, 0.29) is 74.0 Å². The quantitative estimate of drug-likeness (QED) is 0.383. The summed E-state index contributed by atoms with van der Waals surface area (Å²) in [6.45, 7) is 0. The minimum absolute atomic E-state index is 0. The fraction of sp³-hybridized carbons (Fsp3) is 0. The van der Waals surface area contributed by atoms with Gasteiger partial charge in [0, 0.05) is 0 Å². The van der Waals surface area contributed by atoms with Crippen molar-refractivity contribution in [2.24, 2.45) is 0 Å². The van der Waals surface area contributed by atoms with E-state index in [4.69, 9.17) is 0 Å². The minimum atomic E-state index is 0. The molecule has 0 radical (unpaired) electrons. The molecule has 4 heavy (non-hydrogen) atoms. The van der Waals surface area contributed by atoms with Crippen molar-refractivity contribution < 1.29 is 34.0 Å². The first-order valence-corrected chi connectivity index (χ1v) is 0. The van der Waals surface area contributed by atoms with E-state index in [1.165, 1.54) is 0 Å². The van der Waals surface area contributed by atoms with Crippen molar-refractivity contribution in [2.75, 3.05) is 0 Å². The van der Waals surface area contributed by atoms with Crippen molar-refractivity contribution in [3.8, 4) is 0 Å². The molecule has 4 heteroatoms. The van der Waals surface area contributed by atoms with E-state index in [9.17, 15) is 0 Å². The summed E-state index contributed by atoms with van der Waals surface area (Å²) in [6.07, 6.45) is 0. The van der Waals surface area contributed by atoms with Gasteiger partial charge in [-0.25, -0.2) is 0 Å². The van der Waals surface area contributed by atoms with Crippen LogP contribution in [0.25, 0.3) is 0 Å². The van der Waals surface area contributed by atoms with Crippen molar-refractivity contribution in [1.29, 1.82) is 0 Å². The van der Waals surface area contributed by atoms with Crippen LogP contribution >= 0.6 is 17.0 Å². The zero-order chi connectivity index (χ0) is 0. The molecule has 0 N–H and O–H groups in total. The van der Waals surface area contributed by atoms with Gasteiger partial charge in [0.25, 0.3) is 0 Å². The van der Waals surface area contributed by atoms with Crippen molar-refractivity contribution >= 4 is 40.0 Å². The summed E-state index contributed by atoms with van der Waals surface area (Å²) < 4.78 is 0. The van der Waals surface area contributed by atoms with Gasteiger partial charge >= 0.3 is 23.1 Å². The second-order valence-electron chi connectivity index (χ2n) is 0. The maximum absolute atomic E-state index is 0. The van der Waals surface area contributed by atoms with Gasteiger partial charge in [0.05, 0.1) is 0 Å². The van der Waals surface area contributed by atoms with Crippen LogP contribution in [0, 0.1) is 0 Å². The molecule has 0 aromatic heterocycles. The Morgan fingerprint density at radius 1 is 0.750 bits per heavy atom. The molecule has 0 atom stereocenters. The molecule has 0 heterocycles. The molecule has 0 aliphatic rings. The molecule has 0 bridgehead atoms. The van der Waals surface area contributed by atoms with Gasteiger partial charge in [-0.1, -0.05) is 0 Å². The molecule has 24 valence electrons.